The van der Waals surface area contributed by atoms with E-state index in [1.807, 2.05) is 0 Å². The quantitative estimate of drug-likeness (QED) is 0.823. The molecule has 1 rings (SSSR count). The van der Waals surface area contributed by atoms with E-state index in [0.29, 0.717) is 11.4 Å². The highest BCUT2D eigenvalue weighted by atomic mass is 79.9. The summed E-state index contributed by atoms with van der Waals surface area (Å²) in [6.45, 7) is 0. The number of rotatable bonds is 2. The van der Waals surface area contributed by atoms with Crippen LogP contribution in [0.1, 0.15) is 10.4 Å². The van der Waals surface area contributed by atoms with E-state index in [1.54, 1.807) is 26.4 Å². The summed E-state index contributed by atoms with van der Waals surface area (Å²) in [5.41, 5.74) is 0.527. The second-order valence-electron chi connectivity index (χ2n) is 2.38. The molecule has 1 aromatic rings. The fraction of sp³-hybridized carbons (Fsp3) is 0.250. The molecule has 0 aliphatic carbocycles. The van der Waals surface area contributed by atoms with Gasteiger partial charge in [0.15, 0.2) is 0 Å². The molecule has 13 heavy (non-hydrogen) atoms. The third-order valence-electron chi connectivity index (χ3n) is 1.56. The third-order valence-corrected chi connectivity index (χ3v) is 2.00. The van der Waals surface area contributed by atoms with E-state index in [1.165, 1.54) is 0 Å². The SMILES string of the molecule is CNC(=O)c1cc(Br)cnc1NC. The van der Waals surface area contributed by atoms with Gasteiger partial charge < -0.3 is 10.6 Å². The molecule has 0 saturated carbocycles. The lowest BCUT2D eigenvalue weighted by Gasteiger charge is -2.06. The molecule has 1 aromatic heterocycles. The van der Waals surface area contributed by atoms with Crippen LogP contribution in [0.3, 0.4) is 0 Å². The number of anilines is 1. The van der Waals surface area contributed by atoms with Crippen LogP contribution in [0.15, 0.2) is 16.7 Å². The van der Waals surface area contributed by atoms with Crippen LogP contribution in [0.25, 0.3) is 0 Å². The summed E-state index contributed by atoms with van der Waals surface area (Å²) in [6, 6.07) is 1.72. The standard InChI is InChI=1S/C8H10BrN3O/c1-10-7-6(8(13)11-2)3-5(9)4-12-7/h3-4H,1-2H3,(H,10,12)(H,11,13). The van der Waals surface area contributed by atoms with E-state index < -0.39 is 0 Å². The first kappa shape index (κ1) is 9.98. The lowest BCUT2D eigenvalue weighted by Crippen LogP contribution is -2.19. The van der Waals surface area contributed by atoms with Crippen molar-refractivity contribution in [3.8, 4) is 0 Å². The first-order valence-electron chi connectivity index (χ1n) is 3.74. The Hall–Kier alpha value is -1.10. The highest BCUT2D eigenvalue weighted by Gasteiger charge is 2.10. The van der Waals surface area contributed by atoms with Crippen LogP contribution in [0, 0.1) is 0 Å². The van der Waals surface area contributed by atoms with E-state index >= 15 is 0 Å². The molecular weight excluding hydrogens is 234 g/mol. The van der Waals surface area contributed by atoms with Gasteiger partial charge in [-0.1, -0.05) is 0 Å². The molecule has 0 spiro atoms. The third kappa shape index (κ3) is 2.18. The Balaban J connectivity index is 3.15. The van der Waals surface area contributed by atoms with Gasteiger partial charge in [0.2, 0.25) is 0 Å². The Morgan fingerprint density at radius 2 is 2.23 bits per heavy atom. The zero-order valence-electron chi connectivity index (χ0n) is 7.39. The maximum absolute atomic E-state index is 11.3. The van der Waals surface area contributed by atoms with Crippen molar-refractivity contribution in [2.24, 2.45) is 0 Å². The van der Waals surface area contributed by atoms with Crippen molar-refractivity contribution >= 4 is 27.7 Å². The molecule has 70 valence electrons. The van der Waals surface area contributed by atoms with Crippen LogP contribution in [-0.2, 0) is 0 Å². The van der Waals surface area contributed by atoms with Gasteiger partial charge in [-0.25, -0.2) is 4.98 Å². The van der Waals surface area contributed by atoms with Gasteiger partial charge in [0.05, 0.1) is 5.56 Å². The Morgan fingerprint density at radius 3 is 2.77 bits per heavy atom. The van der Waals surface area contributed by atoms with Crippen molar-refractivity contribution in [2.75, 3.05) is 19.4 Å². The second kappa shape index (κ2) is 4.23. The fourth-order valence-corrected chi connectivity index (χ4v) is 1.28. The molecule has 0 bridgehead atoms. The maximum atomic E-state index is 11.3. The average molecular weight is 244 g/mol. The predicted octanol–water partition coefficient (Wildman–Crippen LogP) is 1.25. The molecule has 0 aromatic carbocycles. The van der Waals surface area contributed by atoms with E-state index in [-0.39, 0.29) is 5.91 Å². The fourth-order valence-electron chi connectivity index (χ4n) is 0.946. The molecule has 1 heterocycles. The van der Waals surface area contributed by atoms with Crippen LogP contribution in [0.5, 0.6) is 0 Å². The molecule has 5 heteroatoms. The van der Waals surface area contributed by atoms with Crippen molar-refractivity contribution in [1.82, 2.24) is 10.3 Å². The van der Waals surface area contributed by atoms with Gasteiger partial charge in [0.1, 0.15) is 5.82 Å². The molecule has 0 radical (unpaired) electrons. The number of pyridine rings is 1. The zero-order chi connectivity index (χ0) is 9.84. The van der Waals surface area contributed by atoms with E-state index in [4.69, 9.17) is 0 Å². The number of carbonyl (C=O) groups is 1. The average Bonchev–Trinajstić information content (AvgIpc) is 2.16. The summed E-state index contributed by atoms with van der Waals surface area (Å²) >= 11 is 3.25. The molecule has 0 saturated heterocycles. The van der Waals surface area contributed by atoms with Gasteiger partial charge in [-0.05, 0) is 22.0 Å². The molecule has 0 atom stereocenters. The minimum Gasteiger partial charge on any atom is -0.372 e. The molecule has 0 aliphatic heterocycles. The normalized spacial score (nSPS) is 9.46. The summed E-state index contributed by atoms with van der Waals surface area (Å²) in [4.78, 5) is 15.4. The predicted molar refractivity (Wildman–Crippen MR) is 54.9 cm³/mol. The van der Waals surface area contributed by atoms with Crippen LogP contribution in [0.2, 0.25) is 0 Å². The minimum atomic E-state index is -0.154. The van der Waals surface area contributed by atoms with E-state index in [2.05, 4.69) is 31.5 Å². The van der Waals surface area contributed by atoms with Crippen molar-refractivity contribution in [3.63, 3.8) is 0 Å². The van der Waals surface area contributed by atoms with Gasteiger partial charge in [-0.3, -0.25) is 4.79 Å². The van der Waals surface area contributed by atoms with Crippen LogP contribution < -0.4 is 10.6 Å². The Kier molecular flexibility index (Phi) is 3.25. The first-order chi connectivity index (χ1) is 6.19. The zero-order valence-corrected chi connectivity index (χ0v) is 8.97. The number of aromatic nitrogens is 1. The first-order valence-corrected chi connectivity index (χ1v) is 4.53. The molecule has 4 nitrogen and oxygen atoms in total. The number of hydrogen-bond acceptors (Lipinski definition) is 3. The number of amides is 1. The van der Waals surface area contributed by atoms with Crippen molar-refractivity contribution in [2.45, 2.75) is 0 Å². The van der Waals surface area contributed by atoms with Gasteiger partial charge in [-0.15, -0.1) is 0 Å². The van der Waals surface area contributed by atoms with Gasteiger partial charge in [0.25, 0.3) is 5.91 Å². The van der Waals surface area contributed by atoms with E-state index in [0.717, 1.165) is 4.47 Å². The second-order valence-corrected chi connectivity index (χ2v) is 3.29. The largest absolute Gasteiger partial charge is 0.372 e. The highest BCUT2D eigenvalue weighted by molar-refractivity contribution is 9.10. The molecular formula is C8H10BrN3O. The Labute approximate surface area is 84.9 Å². The number of hydrogen-bond donors (Lipinski definition) is 2. The number of halogens is 1. The summed E-state index contributed by atoms with van der Waals surface area (Å²) in [6.07, 6.45) is 1.64. The molecule has 0 unspecified atom stereocenters. The Morgan fingerprint density at radius 1 is 1.54 bits per heavy atom. The van der Waals surface area contributed by atoms with Gasteiger partial charge >= 0.3 is 0 Å². The molecule has 1 amide bonds. The highest BCUT2D eigenvalue weighted by Crippen LogP contribution is 2.17. The molecule has 2 N–H and O–H groups in total. The van der Waals surface area contributed by atoms with Crippen molar-refractivity contribution in [1.29, 1.82) is 0 Å². The van der Waals surface area contributed by atoms with Crippen LogP contribution in [-0.4, -0.2) is 25.0 Å². The molecule has 0 aliphatic rings. The smallest absolute Gasteiger partial charge is 0.254 e. The maximum Gasteiger partial charge on any atom is 0.254 e. The van der Waals surface area contributed by atoms with Gasteiger partial charge in [0, 0.05) is 24.8 Å². The number of nitrogens with zero attached hydrogens (tertiary/aromatic N) is 1. The van der Waals surface area contributed by atoms with E-state index in [9.17, 15) is 4.79 Å². The summed E-state index contributed by atoms with van der Waals surface area (Å²) in [5, 5.41) is 5.39. The number of nitrogens with one attached hydrogen (secondary N) is 2. The van der Waals surface area contributed by atoms with Crippen molar-refractivity contribution in [3.05, 3.63) is 22.3 Å². The monoisotopic (exact) mass is 243 g/mol. The summed E-state index contributed by atoms with van der Waals surface area (Å²) in [7, 11) is 3.31. The summed E-state index contributed by atoms with van der Waals surface area (Å²) < 4.78 is 0.783. The molecule has 0 fully saturated rings. The lowest BCUT2D eigenvalue weighted by atomic mass is 10.2. The lowest BCUT2D eigenvalue weighted by molar-refractivity contribution is 0.0963. The minimum absolute atomic E-state index is 0.154. The topological polar surface area (TPSA) is 54.0 Å². The van der Waals surface area contributed by atoms with Crippen molar-refractivity contribution < 1.29 is 4.79 Å². The van der Waals surface area contributed by atoms with Gasteiger partial charge in [-0.2, -0.15) is 0 Å². The van der Waals surface area contributed by atoms with Crippen LogP contribution >= 0.6 is 15.9 Å². The summed E-state index contributed by atoms with van der Waals surface area (Å²) in [5.74, 6) is 0.417. The Bertz CT molecular complexity index is 327. The van der Waals surface area contributed by atoms with Crippen LogP contribution in [0.4, 0.5) is 5.82 Å². The number of carbonyl (C=O) groups excluding carboxylic acids is 1.